The molecule has 0 aliphatic heterocycles. The number of fused-ring (bicyclic) bond motifs is 3. The molecule has 4 rings (SSSR count). The molecule has 0 aromatic heterocycles. The van der Waals surface area contributed by atoms with Gasteiger partial charge in [0.2, 0.25) is 0 Å². The summed E-state index contributed by atoms with van der Waals surface area (Å²) in [6.07, 6.45) is 0.756. The Morgan fingerprint density at radius 1 is 0.913 bits per heavy atom. The molecule has 3 N–H and O–H groups in total. The number of carboxylic acid groups (broad SMARTS) is 1. The maximum absolute atomic E-state index is 11.6. The SMILES string of the molecule is Nc1ccc(-c2ccc(C(=O)O)c3c2Cc2ccccc2-3)cc1. The second-order valence-electron chi connectivity index (χ2n) is 5.78. The molecule has 0 radical (unpaired) electrons. The Morgan fingerprint density at radius 2 is 1.65 bits per heavy atom. The number of nitrogens with two attached hydrogens (primary N) is 1. The number of carboxylic acids is 1. The predicted molar refractivity (Wildman–Crippen MR) is 91.5 cm³/mol. The van der Waals surface area contributed by atoms with E-state index in [1.54, 1.807) is 6.07 Å². The van der Waals surface area contributed by atoms with Gasteiger partial charge in [-0.25, -0.2) is 4.79 Å². The van der Waals surface area contributed by atoms with Gasteiger partial charge in [0, 0.05) is 11.3 Å². The largest absolute Gasteiger partial charge is 0.478 e. The average molecular weight is 301 g/mol. The number of hydrogen-bond donors (Lipinski definition) is 2. The minimum atomic E-state index is -0.887. The molecule has 3 nitrogen and oxygen atoms in total. The fourth-order valence-electron chi connectivity index (χ4n) is 3.36. The summed E-state index contributed by atoms with van der Waals surface area (Å²) in [6, 6.07) is 19.3. The van der Waals surface area contributed by atoms with E-state index in [4.69, 9.17) is 5.73 Å². The second kappa shape index (κ2) is 4.99. The first-order valence-corrected chi connectivity index (χ1v) is 7.48. The molecule has 3 heteroatoms. The van der Waals surface area contributed by atoms with Gasteiger partial charge >= 0.3 is 5.97 Å². The average Bonchev–Trinajstić information content (AvgIpc) is 2.94. The summed E-state index contributed by atoms with van der Waals surface area (Å²) in [5.41, 5.74) is 13.1. The number of benzene rings is 3. The van der Waals surface area contributed by atoms with Gasteiger partial charge in [0.05, 0.1) is 5.56 Å². The van der Waals surface area contributed by atoms with Gasteiger partial charge in [-0.3, -0.25) is 0 Å². The number of anilines is 1. The highest BCUT2D eigenvalue weighted by atomic mass is 16.4. The molecule has 0 saturated heterocycles. The van der Waals surface area contributed by atoms with Gasteiger partial charge in [0.25, 0.3) is 0 Å². The lowest BCUT2D eigenvalue weighted by atomic mass is 9.92. The normalized spacial score (nSPS) is 11.8. The molecule has 112 valence electrons. The van der Waals surface area contributed by atoms with Crippen molar-refractivity contribution in [3.05, 3.63) is 77.4 Å². The van der Waals surface area contributed by atoms with E-state index in [0.29, 0.717) is 5.56 Å². The summed E-state index contributed by atoms with van der Waals surface area (Å²) in [4.78, 5) is 11.6. The predicted octanol–water partition coefficient (Wildman–Crippen LogP) is 4.21. The molecule has 0 fully saturated rings. The number of aromatic carboxylic acids is 1. The molecule has 0 unspecified atom stereocenters. The maximum atomic E-state index is 11.6. The third-order valence-electron chi connectivity index (χ3n) is 4.42. The monoisotopic (exact) mass is 301 g/mol. The number of nitrogen functional groups attached to an aromatic ring is 1. The van der Waals surface area contributed by atoms with Crippen molar-refractivity contribution in [2.24, 2.45) is 0 Å². The summed E-state index contributed by atoms with van der Waals surface area (Å²) in [5.74, 6) is -0.887. The summed E-state index contributed by atoms with van der Waals surface area (Å²) >= 11 is 0. The Kier molecular flexibility index (Phi) is 2.95. The molecule has 23 heavy (non-hydrogen) atoms. The van der Waals surface area contributed by atoms with E-state index >= 15 is 0 Å². The molecule has 0 saturated carbocycles. The molecule has 3 aromatic rings. The van der Waals surface area contributed by atoms with Gasteiger partial charge in [0.1, 0.15) is 0 Å². The number of rotatable bonds is 2. The van der Waals surface area contributed by atoms with Crippen molar-refractivity contribution in [2.75, 3.05) is 5.73 Å². The van der Waals surface area contributed by atoms with Crippen LogP contribution in [0.2, 0.25) is 0 Å². The zero-order valence-corrected chi connectivity index (χ0v) is 12.4. The third-order valence-corrected chi connectivity index (χ3v) is 4.42. The van der Waals surface area contributed by atoms with E-state index in [1.807, 2.05) is 48.5 Å². The highest BCUT2D eigenvalue weighted by molar-refractivity contribution is 6.01. The third kappa shape index (κ3) is 2.09. The first-order valence-electron chi connectivity index (χ1n) is 7.48. The smallest absolute Gasteiger partial charge is 0.336 e. The lowest BCUT2D eigenvalue weighted by Gasteiger charge is -2.12. The van der Waals surface area contributed by atoms with Gasteiger partial charge in [-0.05, 0) is 52.4 Å². The van der Waals surface area contributed by atoms with Crippen molar-refractivity contribution < 1.29 is 9.90 Å². The standard InChI is InChI=1S/C20H15NO2/c21-14-7-5-12(6-8-14)15-9-10-17(20(22)23)19-16-4-2-1-3-13(16)11-18(15)19/h1-10H,11,21H2,(H,22,23). The van der Waals surface area contributed by atoms with Crippen LogP contribution in [0.15, 0.2) is 60.7 Å². The summed E-state index contributed by atoms with van der Waals surface area (Å²) in [7, 11) is 0. The van der Waals surface area contributed by atoms with Crippen LogP contribution >= 0.6 is 0 Å². The molecule has 0 heterocycles. The summed E-state index contributed by atoms with van der Waals surface area (Å²) < 4.78 is 0. The molecule has 0 atom stereocenters. The molecule has 1 aliphatic rings. The Bertz CT molecular complexity index is 927. The van der Waals surface area contributed by atoms with Gasteiger partial charge in [-0.1, -0.05) is 42.5 Å². The van der Waals surface area contributed by atoms with E-state index in [1.165, 1.54) is 5.56 Å². The van der Waals surface area contributed by atoms with Crippen LogP contribution in [-0.2, 0) is 6.42 Å². The zero-order chi connectivity index (χ0) is 16.0. The lowest BCUT2D eigenvalue weighted by molar-refractivity contribution is 0.0697. The van der Waals surface area contributed by atoms with Crippen molar-refractivity contribution in [1.29, 1.82) is 0 Å². The molecule has 0 spiro atoms. The van der Waals surface area contributed by atoms with Crippen LogP contribution in [0.1, 0.15) is 21.5 Å². The summed E-state index contributed by atoms with van der Waals surface area (Å²) in [6.45, 7) is 0. The van der Waals surface area contributed by atoms with E-state index in [-0.39, 0.29) is 0 Å². The first-order chi connectivity index (χ1) is 11.1. The molecule has 0 bridgehead atoms. The highest BCUT2D eigenvalue weighted by Gasteiger charge is 2.26. The first kappa shape index (κ1) is 13.6. The molecule has 3 aromatic carbocycles. The van der Waals surface area contributed by atoms with E-state index in [9.17, 15) is 9.90 Å². The van der Waals surface area contributed by atoms with Crippen LogP contribution in [0, 0.1) is 0 Å². The molecular weight excluding hydrogens is 286 g/mol. The minimum absolute atomic E-state index is 0.365. The van der Waals surface area contributed by atoms with Crippen molar-refractivity contribution in [2.45, 2.75) is 6.42 Å². The topological polar surface area (TPSA) is 63.3 Å². The van der Waals surface area contributed by atoms with Crippen LogP contribution in [-0.4, -0.2) is 11.1 Å². The Hall–Kier alpha value is -3.07. The second-order valence-corrected chi connectivity index (χ2v) is 5.78. The van der Waals surface area contributed by atoms with Gasteiger partial charge in [-0.15, -0.1) is 0 Å². The van der Waals surface area contributed by atoms with E-state index < -0.39 is 5.97 Å². The minimum Gasteiger partial charge on any atom is -0.478 e. The van der Waals surface area contributed by atoms with Gasteiger partial charge in [0.15, 0.2) is 0 Å². The molecule has 1 aliphatic carbocycles. The summed E-state index contributed by atoms with van der Waals surface area (Å²) in [5, 5.41) is 9.56. The quantitative estimate of drug-likeness (QED) is 0.545. The van der Waals surface area contributed by atoms with Crippen LogP contribution in [0.5, 0.6) is 0 Å². The van der Waals surface area contributed by atoms with Crippen LogP contribution in [0.4, 0.5) is 5.69 Å². The van der Waals surface area contributed by atoms with Gasteiger partial charge < -0.3 is 10.8 Å². The Morgan fingerprint density at radius 3 is 2.39 bits per heavy atom. The Balaban J connectivity index is 1.99. The van der Waals surface area contributed by atoms with Crippen LogP contribution < -0.4 is 5.73 Å². The Labute approximate surface area is 134 Å². The van der Waals surface area contributed by atoms with Crippen LogP contribution in [0.3, 0.4) is 0 Å². The number of hydrogen-bond acceptors (Lipinski definition) is 2. The fraction of sp³-hybridized carbons (Fsp3) is 0.0500. The highest BCUT2D eigenvalue weighted by Crippen LogP contribution is 2.43. The van der Waals surface area contributed by atoms with Crippen molar-refractivity contribution >= 4 is 11.7 Å². The molecule has 0 amide bonds. The van der Waals surface area contributed by atoms with Crippen molar-refractivity contribution in [1.82, 2.24) is 0 Å². The van der Waals surface area contributed by atoms with Crippen molar-refractivity contribution in [3.63, 3.8) is 0 Å². The van der Waals surface area contributed by atoms with Crippen molar-refractivity contribution in [3.8, 4) is 22.3 Å². The molecular formula is C20H15NO2. The number of carbonyl (C=O) groups is 1. The lowest BCUT2D eigenvalue weighted by Crippen LogP contribution is -2.01. The van der Waals surface area contributed by atoms with Gasteiger partial charge in [-0.2, -0.15) is 0 Å². The zero-order valence-electron chi connectivity index (χ0n) is 12.4. The maximum Gasteiger partial charge on any atom is 0.336 e. The van der Waals surface area contributed by atoms with Crippen LogP contribution in [0.25, 0.3) is 22.3 Å². The fourth-order valence-corrected chi connectivity index (χ4v) is 3.36. The van der Waals surface area contributed by atoms with E-state index in [0.717, 1.165) is 39.9 Å². The van der Waals surface area contributed by atoms with E-state index in [2.05, 4.69) is 6.07 Å².